The maximum atomic E-state index is 13.9. The molecular weight excluding hydrogens is 393 g/mol. The van der Waals surface area contributed by atoms with Crippen molar-refractivity contribution in [2.24, 2.45) is 7.05 Å². The maximum absolute atomic E-state index is 13.9. The molecule has 1 aromatic carbocycles. The van der Waals surface area contributed by atoms with Crippen LogP contribution in [0.15, 0.2) is 36.7 Å². The summed E-state index contributed by atoms with van der Waals surface area (Å²) in [5, 5.41) is 6.65. The first-order chi connectivity index (χ1) is 14.5. The van der Waals surface area contributed by atoms with Crippen molar-refractivity contribution in [3.05, 3.63) is 48.0 Å². The summed E-state index contributed by atoms with van der Waals surface area (Å²) in [5.41, 5.74) is 0.595. The first-order valence-corrected chi connectivity index (χ1v) is 9.82. The van der Waals surface area contributed by atoms with Gasteiger partial charge in [0, 0.05) is 26.3 Å². The molecule has 3 amide bonds. The van der Waals surface area contributed by atoms with E-state index in [0.29, 0.717) is 31.7 Å². The molecule has 3 heterocycles. The van der Waals surface area contributed by atoms with Crippen LogP contribution in [0.5, 0.6) is 0 Å². The second-order valence-corrected chi connectivity index (χ2v) is 7.42. The van der Waals surface area contributed by atoms with Crippen molar-refractivity contribution in [2.45, 2.75) is 12.2 Å². The van der Waals surface area contributed by atoms with Crippen LogP contribution in [0.2, 0.25) is 0 Å². The van der Waals surface area contributed by atoms with E-state index >= 15 is 0 Å². The predicted molar refractivity (Wildman–Crippen MR) is 105 cm³/mol. The summed E-state index contributed by atoms with van der Waals surface area (Å²) >= 11 is 0. The Morgan fingerprint density at radius 2 is 1.90 bits per heavy atom. The van der Waals surface area contributed by atoms with E-state index in [1.807, 2.05) is 0 Å². The van der Waals surface area contributed by atoms with Gasteiger partial charge in [0.05, 0.1) is 43.8 Å². The number of halogens is 1. The molecule has 0 radical (unpaired) electrons. The smallest absolute Gasteiger partial charge is 0.322 e. The highest BCUT2D eigenvalue weighted by molar-refractivity contribution is 5.94. The third-order valence-corrected chi connectivity index (χ3v) is 5.17. The van der Waals surface area contributed by atoms with Crippen molar-refractivity contribution >= 4 is 17.6 Å². The second kappa shape index (κ2) is 8.41. The van der Waals surface area contributed by atoms with Crippen molar-refractivity contribution in [1.82, 2.24) is 19.6 Å². The number of morpholine rings is 1. The van der Waals surface area contributed by atoms with Gasteiger partial charge in [0.25, 0.3) is 5.91 Å². The first kappa shape index (κ1) is 20.3. The number of aromatic nitrogens is 2. The number of carbonyl (C=O) groups excluding carboxylic acids is 2. The molecule has 2 fully saturated rings. The zero-order valence-electron chi connectivity index (χ0n) is 16.7. The van der Waals surface area contributed by atoms with E-state index in [2.05, 4.69) is 10.4 Å². The summed E-state index contributed by atoms with van der Waals surface area (Å²) in [6.07, 6.45) is 3.84. The SMILES string of the molecule is Cn1cc(C(=O)N2CCCOC3(CN(C(=O)Nc4ccccc4F)CCO3)C2)cn1. The molecule has 2 aliphatic heterocycles. The number of amides is 3. The number of carbonyl (C=O) groups is 2. The number of para-hydroxylation sites is 1. The Morgan fingerprint density at radius 1 is 1.13 bits per heavy atom. The number of anilines is 1. The van der Waals surface area contributed by atoms with Gasteiger partial charge in [-0.05, 0) is 18.6 Å². The lowest BCUT2D eigenvalue weighted by Gasteiger charge is -2.42. The van der Waals surface area contributed by atoms with E-state index < -0.39 is 17.6 Å². The van der Waals surface area contributed by atoms with Crippen molar-refractivity contribution in [3.63, 3.8) is 0 Å². The van der Waals surface area contributed by atoms with Gasteiger partial charge in [-0.3, -0.25) is 9.48 Å². The minimum Gasteiger partial charge on any atom is -0.347 e. The highest BCUT2D eigenvalue weighted by atomic mass is 19.1. The third kappa shape index (κ3) is 4.29. The van der Waals surface area contributed by atoms with Crippen LogP contribution in [0.3, 0.4) is 0 Å². The highest BCUT2D eigenvalue weighted by Gasteiger charge is 2.43. The van der Waals surface area contributed by atoms with Gasteiger partial charge in [-0.15, -0.1) is 0 Å². The standard InChI is InChI=1S/C20H24FN5O4/c1-24-12-15(11-22-24)18(27)25-7-4-9-29-20(13-25)14-26(8-10-30-20)19(28)23-17-6-3-2-5-16(17)21/h2-3,5-6,11-12H,4,7-10,13-14H2,1H3,(H,23,28). The van der Waals surface area contributed by atoms with Gasteiger partial charge in [0.1, 0.15) is 5.82 Å². The minimum atomic E-state index is -1.13. The lowest BCUT2D eigenvalue weighted by atomic mass is 10.2. The summed E-state index contributed by atoms with van der Waals surface area (Å²) in [6.45, 7) is 1.82. The molecule has 2 aromatic rings. The number of ether oxygens (including phenoxy) is 2. The lowest BCUT2D eigenvalue weighted by molar-refractivity contribution is -0.258. The Morgan fingerprint density at radius 3 is 2.67 bits per heavy atom. The van der Waals surface area contributed by atoms with Crippen molar-refractivity contribution in [2.75, 3.05) is 44.7 Å². The van der Waals surface area contributed by atoms with Gasteiger partial charge in [-0.1, -0.05) is 12.1 Å². The van der Waals surface area contributed by atoms with Gasteiger partial charge in [0.15, 0.2) is 0 Å². The molecule has 1 atom stereocenters. The largest absolute Gasteiger partial charge is 0.347 e. The van der Waals surface area contributed by atoms with Crippen LogP contribution < -0.4 is 5.32 Å². The zero-order valence-corrected chi connectivity index (χ0v) is 16.7. The molecule has 0 aliphatic carbocycles. The molecule has 9 nitrogen and oxygen atoms in total. The van der Waals surface area contributed by atoms with Gasteiger partial charge in [0.2, 0.25) is 5.79 Å². The number of hydrogen-bond acceptors (Lipinski definition) is 5. The third-order valence-electron chi connectivity index (χ3n) is 5.17. The molecule has 10 heteroatoms. The van der Waals surface area contributed by atoms with Gasteiger partial charge < -0.3 is 24.6 Å². The van der Waals surface area contributed by atoms with Crippen LogP contribution in [0.1, 0.15) is 16.8 Å². The molecule has 1 aromatic heterocycles. The molecule has 2 aliphatic rings. The number of hydrogen-bond donors (Lipinski definition) is 1. The average Bonchev–Trinajstić information content (AvgIpc) is 3.07. The van der Waals surface area contributed by atoms with Gasteiger partial charge in [-0.2, -0.15) is 5.10 Å². The van der Waals surface area contributed by atoms with E-state index in [0.717, 1.165) is 0 Å². The number of nitrogens with zero attached hydrogens (tertiary/aromatic N) is 4. The molecule has 30 heavy (non-hydrogen) atoms. The Bertz CT molecular complexity index is 935. The van der Waals surface area contributed by atoms with E-state index in [1.54, 1.807) is 35.0 Å². The Balaban J connectivity index is 1.47. The second-order valence-electron chi connectivity index (χ2n) is 7.42. The normalized spacial score (nSPS) is 22.1. The number of nitrogens with one attached hydrogen (secondary N) is 1. The number of aryl methyl sites for hydroxylation is 1. The number of rotatable bonds is 2. The Labute approximate surface area is 173 Å². The molecule has 4 rings (SSSR count). The molecule has 160 valence electrons. The summed E-state index contributed by atoms with van der Waals surface area (Å²) in [7, 11) is 1.75. The van der Waals surface area contributed by atoms with Crippen molar-refractivity contribution in [3.8, 4) is 0 Å². The summed E-state index contributed by atoms with van der Waals surface area (Å²) in [5.74, 6) is -1.79. The fraction of sp³-hybridized carbons (Fsp3) is 0.450. The molecule has 1 spiro atoms. The van der Waals surface area contributed by atoms with Gasteiger partial charge >= 0.3 is 6.03 Å². The number of benzene rings is 1. The van der Waals surface area contributed by atoms with Crippen LogP contribution in [0, 0.1) is 5.82 Å². The van der Waals surface area contributed by atoms with E-state index in [9.17, 15) is 14.0 Å². The maximum Gasteiger partial charge on any atom is 0.322 e. The first-order valence-electron chi connectivity index (χ1n) is 9.82. The molecule has 0 saturated carbocycles. The predicted octanol–water partition coefficient (Wildman–Crippen LogP) is 1.68. The fourth-order valence-electron chi connectivity index (χ4n) is 3.69. The molecular formula is C20H24FN5O4. The number of urea groups is 1. The minimum absolute atomic E-state index is 0.109. The topological polar surface area (TPSA) is 88.9 Å². The van der Waals surface area contributed by atoms with E-state index in [1.165, 1.54) is 23.2 Å². The van der Waals surface area contributed by atoms with Crippen LogP contribution in [-0.2, 0) is 16.5 Å². The quantitative estimate of drug-likeness (QED) is 0.803. The van der Waals surface area contributed by atoms with Crippen molar-refractivity contribution in [1.29, 1.82) is 0 Å². The van der Waals surface area contributed by atoms with Crippen LogP contribution in [0.4, 0.5) is 14.9 Å². The highest BCUT2D eigenvalue weighted by Crippen LogP contribution is 2.26. The monoisotopic (exact) mass is 417 g/mol. The van der Waals surface area contributed by atoms with Crippen LogP contribution in [-0.4, -0.2) is 76.7 Å². The van der Waals surface area contributed by atoms with E-state index in [-0.39, 0.29) is 31.3 Å². The summed E-state index contributed by atoms with van der Waals surface area (Å²) in [6, 6.07) is 5.55. The van der Waals surface area contributed by atoms with Crippen LogP contribution >= 0.6 is 0 Å². The van der Waals surface area contributed by atoms with Crippen LogP contribution in [0.25, 0.3) is 0 Å². The summed E-state index contributed by atoms with van der Waals surface area (Å²) < 4.78 is 27.4. The Kier molecular flexibility index (Phi) is 5.69. The molecule has 1 unspecified atom stereocenters. The Hall–Kier alpha value is -2.98. The summed E-state index contributed by atoms with van der Waals surface area (Å²) in [4.78, 5) is 28.8. The van der Waals surface area contributed by atoms with Gasteiger partial charge in [-0.25, -0.2) is 9.18 Å². The molecule has 1 N–H and O–H groups in total. The lowest BCUT2D eigenvalue weighted by Crippen LogP contribution is -2.60. The fourth-order valence-corrected chi connectivity index (χ4v) is 3.69. The molecule has 0 bridgehead atoms. The average molecular weight is 417 g/mol. The zero-order chi connectivity index (χ0) is 21.1. The van der Waals surface area contributed by atoms with E-state index in [4.69, 9.17) is 9.47 Å². The molecule has 2 saturated heterocycles. The van der Waals surface area contributed by atoms with Crippen molar-refractivity contribution < 1.29 is 23.5 Å².